The lowest BCUT2D eigenvalue weighted by atomic mass is 9.92. The Morgan fingerprint density at radius 3 is 2.57 bits per heavy atom. The Balaban J connectivity index is 2.03. The van der Waals surface area contributed by atoms with Crippen LogP contribution in [-0.2, 0) is 6.18 Å². The first-order chi connectivity index (χ1) is 9.86. The number of phenolic OH excluding ortho intramolecular Hbond substituents is 1. The fraction of sp³-hybridized carbons (Fsp3) is 0.200. The van der Waals surface area contributed by atoms with Gasteiger partial charge in [-0.15, -0.1) is 0 Å². The molecule has 21 heavy (non-hydrogen) atoms. The van der Waals surface area contributed by atoms with Crippen LogP contribution in [0.1, 0.15) is 22.6 Å². The second-order valence-electron chi connectivity index (χ2n) is 4.94. The molecule has 0 bridgehead atoms. The summed E-state index contributed by atoms with van der Waals surface area (Å²) in [5, 5.41) is 13.4. The van der Waals surface area contributed by atoms with Crippen molar-refractivity contribution in [3.63, 3.8) is 0 Å². The molecular weight excluding hydrogens is 303 g/mol. The molecule has 1 atom stereocenters. The minimum atomic E-state index is -4.37. The average Bonchev–Trinajstić information content (AvgIpc) is 2.83. The fourth-order valence-corrected chi connectivity index (χ4v) is 2.77. The highest BCUT2D eigenvalue weighted by Gasteiger charge is 2.33. The molecule has 0 spiro atoms. The van der Waals surface area contributed by atoms with E-state index in [0.717, 1.165) is 17.7 Å². The third kappa shape index (κ3) is 2.53. The van der Waals surface area contributed by atoms with E-state index in [1.807, 2.05) is 0 Å². The van der Waals surface area contributed by atoms with Gasteiger partial charge in [0.1, 0.15) is 5.75 Å². The van der Waals surface area contributed by atoms with Crippen molar-refractivity contribution in [3.05, 3.63) is 58.1 Å². The maximum atomic E-state index is 12.7. The molecular formula is C15H11ClF3NO. The Labute approximate surface area is 124 Å². The highest BCUT2D eigenvalue weighted by molar-refractivity contribution is 6.30. The SMILES string of the molecule is Oc1ccc(Cl)cc1C1CNc2cc(C(F)(F)F)ccc21. The first kappa shape index (κ1) is 14.1. The van der Waals surface area contributed by atoms with E-state index in [0.29, 0.717) is 22.8 Å². The number of benzene rings is 2. The molecule has 3 rings (SSSR count). The summed E-state index contributed by atoms with van der Waals surface area (Å²) in [4.78, 5) is 0. The molecule has 6 heteroatoms. The molecule has 0 saturated carbocycles. The van der Waals surface area contributed by atoms with Crippen LogP contribution in [0, 0.1) is 0 Å². The summed E-state index contributed by atoms with van der Waals surface area (Å²) >= 11 is 5.93. The molecule has 2 aromatic carbocycles. The smallest absolute Gasteiger partial charge is 0.416 e. The van der Waals surface area contributed by atoms with E-state index >= 15 is 0 Å². The van der Waals surface area contributed by atoms with E-state index in [9.17, 15) is 18.3 Å². The molecule has 0 amide bonds. The van der Waals surface area contributed by atoms with Gasteiger partial charge in [0.2, 0.25) is 0 Å². The third-order valence-electron chi connectivity index (χ3n) is 3.62. The van der Waals surface area contributed by atoms with Gasteiger partial charge in [-0.05, 0) is 35.9 Å². The highest BCUT2D eigenvalue weighted by atomic mass is 35.5. The van der Waals surface area contributed by atoms with Crippen LogP contribution < -0.4 is 5.32 Å². The lowest BCUT2D eigenvalue weighted by Gasteiger charge is -2.14. The van der Waals surface area contributed by atoms with Crippen molar-refractivity contribution in [2.24, 2.45) is 0 Å². The van der Waals surface area contributed by atoms with E-state index in [-0.39, 0.29) is 11.7 Å². The number of rotatable bonds is 1. The van der Waals surface area contributed by atoms with Crippen molar-refractivity contribution in [1.29, 1.82) is 0 Å². The fourth-order valence-electron chi connectivity index (χ4n) is 2.59. The minimum Gasteiger partial charge on any atom is -0.508 e. The number of alkyl halides is 3. The summed E-state index contributed by atoms with van der Waals surface area (Å²) in [7, 11) is 0. The summed E-state index contributed by atoms with van der Waals surface area (Å²) in [5.74, 6) is -0.139. The van der Waals surface area contributed by atoms with Crippen molar-refractivity contribution < 1.29 is 18.3 Å². The van der Waals surface area contributed by atoms with Crippen molar-refractivity contribution >= 4 is 17.3 Å². The van der Waals surface area contributed by atoms with E-state index in [2.05, 4.69) is 5.32 Å². The number of anilines is 1. The van der Waals surface area contributed by atoms with Gasteiger partial charge in [-0.25, -0.2) is 0 Å². The Morgan fingerprint density at radius 2 is 1.86 bits per heavy atom. The maximum absolute atomic E-state index is 12.7. The van der Waals surface area contributed by atoms with Gasteiger partial charge in [0.15, 0.2) is 0 Å². The lowest BCUT2D eigenvalue weighted by Crippen LogP contribution is -2.05. The largest absolute Gasteiger partial charge is 0.508 e. The van der Waals surface area contributed by atoms with Crippen molar-refractivity contribution in [1.82, 2.24) is 0 Å². The van der Waals surface area contributed by atoms with Crippen LogP contribution in [0.3, 0.4) is 0 Å². The molecule has 1 aliphatic heterocycles. The number of phenols is 1. The first-order valence-electron chi connectivity index (χ1n) is 6.29. The molecule has 2 aromatic rings. The highest BCUT2D eigenvalue weighted by Crippen LogP contribution is 2.42. The Hall–Kier alpha value is -1.88. The van der Waals surface area contributed by atoms with E-state index in [1.165, 1.54) is 12.1 Å². The van der Waals surface area contributed by atoms with E-state index in [4.69, 9.17) is 11.6 Å². The Bertz CT molecular complexity index is 700. The summed E-state index contributed by atoms with van der Waals surface area (Å²) < 4.78 is 38.1. The number of hydrogen-bond donors (Lipinski definition) is 2. The van der Waals surface area contributed by atoms with Crippen LogP contribution in [0.2, 0.25) is 5.02 Å². The predicted octanol–water partition coefficient (Wildman–Crippen LogP) is 4.62. The second kappa shape index (κ2) is 4.84. The van der Waals surface area contributed by atoms with Crippen molar-refractivity contribution in [2.75, 3.05) is 11.9 Å². The minimum absolute atomic E-state index is 0.0824. The number of aromatic hydroxyl groups is 1. The molecule has 2 nitrogen and oxygen atoms in total. The van der Waals surface area contributed by atoms with Crippen LogP contribution >= 0.6 is 11.6 Å². The van der Waals surface area contributed by atoms with Gasteiger partial charge in [-0.1, -0.05) is 17.7 Å². The van der Waals surface area contributed by atoms with Gasteiger partial charge in [0.25, 0.3) is 0 Å². The number of halogens is 4. The topological polar surface area (TPSA) is 32.3 Å². The van der Waals surface area contributed by atoms with Crippen LogP contribution in [0.5, 0.6) is 5.75 Å². The molecule has 0 aromatic heterocycles. The van der Waals surface area contributed by atoms with Crippen LogP contribution in [0.25, 0.3) is 0 Å². The van der Waals surface area contributed by atoms with E-state index in [1.54, 1.807) is 12.1 Å². The van der Waals surface area contributed by atoms with Gasteiger partial charge in [-0.3, -0.25) is 0 Å². The Kier molecular flexibility index (Phi) is 3.24. The molecule has 0 radical (unpaired) electrons. The molecule has 0 saturated heterocycles. The standard InChI is InChI=1S/C15H11ClF3NO/c16-9-2-4-14(21)11(6-9)12-7-20-13-5-8(15(17,18)19)1-3-10(12)13/h1-6,12,20-21H,7H2. The van der Waals surface area contributed by atoms with Gasteiger partial charge >= 0.3 is 6.18 Å². The summed E-state index contributed by atoms with van der Waals surface area (Å²) in [5.41, 5.74) is 1.08. The first-order valence-corrected chi connectivity index (χ1v) is 6.67. The molecule has 1 heterocycles. The lowest BCUT2D eigenvalue weighted by molar-refractivity contribution is -0.137. The molecule has 0 aliphatic carbocycles. The van der Waals surface area contributed by atoms with Gasteiger partial charge < -0.3 is 10.4 Å². The zero-order valence-corrected chi connectivity index (χ0v) is 11.5. The molecule has 1 unspecified atom stereocenters. The van der Waals surface area contributed by atoms with Crippen molar-refractivity contribution in [3.8, 4) is 5.75 Å². The second-order valence-corrected chi connectivity index (χ2v) is 5.37. The maximum Gasteiger partial charge on any atom is 0.416 e. The number of nitrogens with one attached hydrogen (secondary N) is 1. The number of fused-ring (bicyclic) bond motifs is 1. The number of hydrogen-bond acceptors (Lipinski definition) is 2. The predicted molar refractivity (Wildman–Crippen MR) is 74.9 cm³/mol. The zero-order valence-electron chi connectivity index (χ0n) is 10.7. The summed E-state index contributed by atoms with van der Waals surface area (Å²) in [6.45, 7) is 0.421. The van der Waals surface area contributed by atoms with Crippen LogP contribution in [0.15, 0.2) is 36.4 Å². The quantitative estimate of drug-likeness (QED) is 0.805. The normalized spacial score (nSPS) is 17.4. The van der Waals surface area contributed by atoms with Crippen molar-refractivity contribution in [2.45, 2.75) is 12.1 Å². The van der Waals surface area contributed by atoms with E-state index < -0.39 is 11.7 Å². The van der Waals surface area contributed by atoms with Crippen LogP contribution in [-0.4, -0.2) is 11.7 Å². The molecule has 0 fully saturated rings. The Morgan fingerprint density at radius 1 is 1.10 bits per heavy atom. The molecule has 110 valence electrons. The van der Waals surface area contributed by atoms with Gasteiger partial charge in [0.05, 0.1) is 5.56 Å². The summed E-state index contributed by atoms with van der Waals surface area (Å²) in [6.07, 6.45) is -4.37. The molecule has 1 aliphatic rings. The van der Waals surface area contributed by atoms with Crippen LogP contribution in [0.4, 0.5) is 18.9 Å². The molecule has 2 N–H and O–H groups in total. The average molecular weight is 314 g/mol. The zero-order chi connectivity index (χ0) is 15.2. The van der Waals surface area contributed by atoms with Gasteiger partial charge in [0, 0.05) is 28.7 Å². The monoisotopic (exact) mass is 313 g/mol. The third-order valence-corrected chi connectivity index (χ3v) is 3.85. The summed E-state index contributed by atoms with van der Waals surface area (Å²) in [6, 6.07) is 8.28. The van der Waals surface area contributed by atoms with Gasteiger partial charge in [-0.2, -0.15) is 13.2 Å².